The third-order valence-electron chi connectivity index (χ3n) is 3.91. The van der Waals surface area contributed by atoms with Crippen LogP contribution in [0.5, 0.6) is 0 Å². The van der Waals surface area contributed by atoms with Crippen molar-refractivity contribution >= 4 is 5.69 Å². The third kappa shape index (κ3) is 3.73. The molecule has 19 heavy (non-hydrogen) atoms. The van der Waals surface area contributed by atoms with Gasteiger partial charge < -0.3 is 5.32 Å². The highest BCUT2D eigenvalue weighted by Crippen LogP contribution is 2.22. The Hall–Kier alpha value is -1.49. The first-order valence-corrected chi connectivity index (χ1v) is 6.65. The second-order valence-corrected chi connectivity index (χ2v) is 4.74. The van der Waals surface area contributed by atoms with Gasteiger partial charge in [-0.1, -0.05) is 26.8 Å². The van der Waals surface area contributed by atoms with Crippen molar-refractivity contribution < 1.29 is 9.31 Å². The minimum absolute atomic E-state index is 0.0538. The number of benzene rings is 1. The van der Waals surface area contributed by atoms with Crippen molar-refractivity contribution in [3.05, 3.63) is 39.7 Å². The van der Waals surface area contributed by atoms with Crippen LogP contribution < -0.4 is 5.32 Å². The second-order valence-electron chi connectivity index (χ2n) is 4.74. The van der Waals surface area contributed by atoms with Crippen LogP contribution in [0.2, 0.25) is 0 Å². The summed E-state index contributed by atoms with van der Waals surface area (Å²) in [5, 5.41) is 14.0. The molecule has 1 N–H and O–H groups in total. The summed E-state index contributed by atoms with van der Waals surface area (Å²) >= 11 is 0. The van der Waals surface area contributed by atoms with Gasteiger partial charge in [0.2, 0.25) is 5.82 Å². The van der Waals surface area contributed by atoms with Crippen LogP contribution in [0.25, 0.3) is 0 Å². The minimum Gasteiger partial charge on any atom is -0.307 e. The Morgan fingerprint density at radius 1 is 1.26 bits per heavy atom. The fraction of sp³-hybridized carbons (Fsp3) is 0.571. The Balaban J connectivity index is 2.78. The maximum atomic E-state index is 13.5. The Bertz CT molecular complexity index is 437. The average Bonchev–Trinajstić information content (AvgIpc) is 2.40. The lowest BCUT2D eigenvalue weighted by molar-refractivity contribution is -0.387. The molecule has 0 saturated carbocycles. The average molecular weight is 268 g/mol. The molecule has 0 aromatic heterocycles. The van der Waals surface area contributed by atoms with Gasteiger partial charge in [0.25, 0.3) is 0 Å². The molecule has 0 amide bonds. The standard InChI is InChI=1S/C14H21FN2O2/c1-4-14(5-2,6-3)16-10-11-7-8-13(17(18)19)12(15)9-11/h7-9,16H,4-6,10H2,1-3H3. The molecule has 0 bridgehead atoms. The van der Waals surface area contributed by atoms with Gasteiger partial charge in [-0.3, -0.25) is 10.1 Å². The first-order chi connectivity index (χ1) is 8.98. The van der Waals surface area contributed by atoms with Crippen LogP contribution in [0.15, 0.2) is 18.2 Å². The van der Waals surface area contributed by atoms with E-state index >= 15 is 0 Å². The normalized spacial score (nSPS) is 11.6. The maximum Gasteiger partial charge on any atom is 0.304 e. The van der Waals surface area contributed by atoms with Crippen molar-refractivity contribution in [2.45, 2.75) is 52.1 Å². The van der Waals surface area contributed by atoms with Gasteiger partial charge in [-0.2, -0.15) is 4.39 Å². The fourth-order valence-electron chi connectivity index (χ4n) is 2.22. The van der Waals surface area contributed by atoms with E-state index in [1.54, 1.807) is 6.07 Å². The molecular weight excluding hydrogens is 247 g/mol. The molecule has 0 unspecified atom stereocenters. The van der Waals surface area contributed by atoms with Gasteiger partial charge in [0.1, 0.15) is 0 Å². The molecule has 4 nitrogen and oxygen atoms in total. The first-order valence-electron chi connectivity index (χ1n) is 6.65. The third-order valence-corrected chi connectivity index (χ3v) is 3.91. The monoisotopic (exact) mass is 268 g/mol. The Morgan fingerprint density at radius 2 is 1.84 bits per heavy atom. The van der Waals surface area contributed by atoms with E-state index in [1.165, 1.54) is 12.1 Å². The molecule has 0 saturated heterocycles. The predicted molar refractivity (Wildman–Crippen MR) is 73.5 cm³/mol. The summed E-state index contributed by atoms with van der Waals surface area (Å²) in [7, 11) is 0. The van der Waals surface area contributed by atoms with E-state index < -0.39 is 16.4 Å². The van der Waals surface area contributed by atoms with E-state index in [2.05, 4.69) is 26.1 Å². The molecule has 0 fully saturated rings. The molecule has 106 valence electrons. The van der Waals surface area contributed by atoms with Gasteiger partial charge in [-0.25, -0.2) is 0 Å². The summed E-state index contributed by atoms with van der Waals surface area (Å²) in [6, 6.07) is 4.05. The Kier molecular flexibility index (Phi) is 5.42. The highest BCUT2D eigenvalue weighted by Gasteiger charge is 2.23. The van der Waals surface area contributed by atoms with Crippen LogP contribution in [0.3, 0.4) is 0 Å². The van der Waals surface area contributed by atoms with Crippen LogP contribution in [-0.2, 0) is 6.54 Å². The van der Waals surface area contributed by atoms with Gasteiger partial charge in [0.05, 0.1) is 4.92 Å². The van der Waals surface area contributed by atoms with E-state index in [1.807, 2.05) is 0 Å². The summed E-state index contributed by atoms with van der Waals surface area (Å²) in [5.74, 6) is -0.778. The van der Waals surface area contributed by atoms with Crippen molar-refractivity contribution in [3.63, 3.8) is 0 Å². The zero-order valence-electron chi connectivity index (χ0n) is 11.7. The minimum atomic E-state index is -0.778. The smallest absolute Gasteiger partial charge is 0.304 e. The molecule has 1 aromatic rings. The molecule has 0 aliphatic heterocycles. The number of hydrogen-bond donors (Lipinski definition) is 1. The molecule has 0 spiro atoms. The zero-order chi connectivity index (χ0) is 14.5. The van der Waals surface area contributed by atoms with Crippen LogP contribution in [0.1, 0.15) is 45.6 Å². The van der Waals surface area contributed by atoms with Crippen molar-refractivity contribution in [2.24, 2.45) is 0 Å². The zero-order valence-corrected chi connectivity index (χ0v) is 11.7. The number of nitrogens with zero attached hydrogens (tertiary/aromatic N) is 1. The largest absolute Gasteiger partial charge is 0.307 e. The van der Waals surface area contributed by atoms with E-state index in [4.69, 9.17) is 0 Å². The molecule has 0 aliphatic rings. The van der Waals surface area contributed by atoms with Gasteiger partial charge in [-0.15, -0.1) is 0 Å². The molecule has 0 aliphatic carbocycles. The fourth-order valence-corrected chi connectivity index (χ4v) is 2.22. The van der Waals surface area contributed by atoms with Gasteiger partial charge >= 0.3 is 5.69 Å². The second kappa shape index (κ2) is 6.61. The first kappa shape index (κ1) is 15.6. The van der Waals surface area contributed by atoms with Gasteiger partial charge in [0, 0.05) is 18.2 Å². The van der Waals surface area contributed by atoms with Gasteiger partial charge in [0.15, 0.2) is 0 Å². The quantitative estimate of drug-likeness (QED) is 0.604. The molecule has 0 radical (unpaired) electrons. The lowest BCUT2D eigenvalue weighted by Crippen LogP contribution is -2.43. The lowest BCUT2D eigenvalue weighted by atomic mass is 9.89. The number of hydrogen-bond acceptors (Lipinski definition) is 3. The predicted octanol–water partition coefficient (Wildman–Crippen LogP) is 3.79. The molecular formula is C14H21FN2O2. The topological polar surface area (TPSA) is 55.2 Å². The number of nitro benzene ring substituents is 1. The molecule has 1 aromatic carbocycles. The number of nitrogens with one attached hydrogen (secondary N) is 1. The Labute approximate surface area is 113 Å². The SMILES string of the molecule is CCC(CC)(CC)NCc1ccc([N+](=O)[O-])c(F)c1. The summed E-state index contributed by atoms with van der Waals surface area (Å²) in [6.07, 6.45) is 2.99. The number of rotatable bonds is 7. The van der Waals surface area contributed by atoms with Gasteiger partial charge in [-0.05, 0) is 30.9 Å². The number of nitro groups is 1. The van der Waals surface area contributed by atoms with Crippen LogP contribution in [0.4, 0.5) is 10.1 Å². The maximum absolute atomic E-state index is 13.5. The molecule has 1 rings (SSSR count). The van der Waals surface area contributed by atoms with E-state index in [0.717, 1.165) is 24.8 Å². The number of halogens is 1. The van der Waals surface area contributed by atoms with E-state index in [0.29, 0.717) is 6.54 Å². The highest BCUT2D eigenvalue weighted by atomic mass is 19.1. The lowest BCUT2D eigenvalue weighted by Gasteiger charge is -2.32. The van der Waals surface area contributed by atoms with Crippen molar-refractivity contribution in [2.75, 3.05) is 0 Å². The molecule has 5 heteroatoms. The molecule has 0 atom stereocenters. The summed E-state index contributed by atoms with van der Waals surface area (Å²) in [4.78, 5) is 9.83. The van der Waals surface area contributed by atoms with Crippen LogP contribution >= 0.6 is 0 Å². The van der Waals surface area contributed by atoms with Crippen molar-refractivity contribution in [1.82, 2.24) is 5.32 Å². The van der Waals surface area contributed by atoms with E-state index in [-0.39, 0.29) is 5.54 Å². The highest BCUT2D eigenvalue weighted by molar-refractivity contribution is 5.35. The van der Waals surface area contributed by atoms with Crippen molar-refractivity contribution in [3.8, 4) is 0 Å². The summed E-state index contributed by atoms with van der Waals surface area (Å²) in [5.41, 5.74) is 0.303. The van der Waals surface area contributed by atoms with Crippen LogP contribution in [0, 0.1) is 15.9 Å². The summed E-state index contributed by atoms with van der Waals surface area (Å²) < 4.78 is 13.5. The Morgan fingerprint density at radius 3 is 2.26 bits per heavy atom. The molecule has 0 heterocycles. The van der Waals surface area contributed by atoms with Crippen LogP contribution in [-0.4, -0.2) is 10.5 Å². The summed E-state index contributed by atoms with van der Waals surface area (Å²) in [6.45, 7) is 6.88. The van der Waals surface area contributed by atoms with E-state index in [9.17, 15) is 14.5 Å². The van der Waals surface area contributed by atoms with Crippen molar-refractivity contribution in [1.29, 1.82) is 0 Å².